The Balaban J connectivity index is 1.91. The fourth-order valence-electron chi connectivity index (χ4n) is 2.31. The van der Waals surface area contributed by atoms with Crippen LogP contribution in [-0.4, -0.2) is 38.6 Å². The van der Waals surface area contributed by atoms with Crippen molar-refractivity contribution >= 4 is 23.2 Å². The molecule has 0 saturated heterocycles. The number of hydrogen-bond acceptors (Lipinski definition) is 5. The van der Waals surface area contributed by atoms with Crippen LogP contribution in [0.3, 0.4) is 0 Å². The van der Waals surface area contributed by atoms with Gasteiger partial charge in [0, 0.05) is 28.7 Å². The Kier molecular flexibility index (Phi) is 9.01. The zero-order chi connectivity index (χ0) is 18.8. The van der Waals surface area contributed by atoms with Crippen molar-refractivity contribution in [2.45, 2.75) is 13.2 Å². The van der Waals surface area contributed by atoms with Crippen molar-refractivity contribution in [2.24, 2.45) is 0 Å². The van der Waals surface area contributed by atoms with Crippen LogP contribution in [0.2, 0.25) is 10.0 Å². The van der Waals surface area contributed by atoms with Gasteiger partial charge in [-0.2, -0.15) is 0 Å². The lowest BCUT2D eigenvalue weighted by molar-refractivity contribution is 0.0938. The molecule has 0 atom stereocenters. The van der Waals surface area contributed by atoms with E-state index in [4.69, 9.17) is 42.5 Å². The van der Waals surface area contributed by atoms with Gasteiger partial charge in [0.15, 0.2) is 11.5 Å². The summed E-state index contributed by atoms with van der Waals surface area (Å²) in [4.78, 5) is 0. The van der Waals surface area contributed by atoms with Crippen LogP contribution >= 0.6 is 23.2 Å². The number of hydrogen-bond donors (Lipinski definition) is 2. The Bertz CT molecular complexity index is 677. The number of halogens is 2. The maximum atomic E-state index is 8.65. The summed E-state index contributed by atoms with van der Waals surface area (Å²) >= 11 is 12.3. The van der Waals surface area contributed by atoms with Crippen molar-refractivity contribution in [1.29, 1.82) is 0 Å². The lowest BCUT2D eigenvalue weighted by atomic mass is 10.2. The highest BCUT2D eigenvalue weighted by Gasteiger charge is 2.10. The summed E-state index contributed by atoms with van der Waals surface area (Å²) in [6.45, 7) is 2.59. The maximum Gasteiger partial charge on any atom is 0.161 e. The second-order valence-corrected chi connectivity index (χ2v) is 6.30. The molecule has 0 aliphatic rings. The molecule has 0 heterocycles. The first-order chi connectivity index (χ1) is 12.7. The molecule has 0 fully saturated rings. The fourth-order valence-corrected chi connectivity index (χ4v) is 2.81. The monoisotopic (exact) mass is 399 g/mol. The van der Waals surface area contributed by atoms with Gasteiger partial charge in [-0.1, -0.05) is 35.3 Å². The highest BCUT2D eigenvalue weighted by Crippen LogP contribution is 2.31. The minimum Gasteiger partial charge on any atom is -0.493 e. The zero-order valence-electron chi connectivity index (χ0n) is 14.6. The Hall–Kier alpha value is -1.50. The molecule has 0 radical (unpaired) electrons. The Labute approximate surface area is 163 Å². The van der Waals surface area contributed by atoms with Gasteiger partial charge in [-0.3, -0.25) is 0 Å². The zero-order valence-corrected chi connectivity index (χ0v) is 16.1. The van der Waals surface area contributed by atoms with Crippen molar-refractivity contribution in [1.82, 2.24) is 5.32 Å². The third kappa shape index (κ3) is 6.34. The van der Waals surface area contributed by atoms with Crippen LogP contribution in [0.25, 0.3) is 0 Å². The largest absolute Gasteiger partial charge is 0.493 e. The number of benzene rings is 2. The predicted octanol–water partition coefficient (Wildman–Crippen LogP) is 3.68. The number of ether oxygens (including phenoxy) is 3. The third-order valence-corrected chi connectivity index (χ3v) is 4.36. The van der Waals surface area contributed by atoms with E-state index in [1.807, 2.05) is 18.2 Å². The van der Waals surface area contributed by atoms with Crippen LogP contribution in [0.15, 0.2) is 36.4 Å². The average Bonchev–Trinajstić information content (AvgIpc) is 2.64. The van der Waals surface area contributed by atoms with Gasteiger partial charge in [0.2, 0.25) is 0 Å². The van der Waals surface area contributed by atoms with E-state index in [0.29, 0.717) is 47.8 Å². The van der Waals surface area contributed by atoms with Gasteiger partial charge in [-0.05, 0) is 29.8 Å². The summed E-state index contributed by atoms with van der Waals surface area (Å²) in [7, 11) is 1.60. The molecule has 142 valence electrons. The standard InChI is InChI=1S/C19H23Cl2NO4/c1-24-19-11-14(12-22-7-9-25-10-8-23)5-6-18(19)26-13-15-16(20)3-2-4-17(15)21/h2-6,11,22-23H,7-10,12-13H2,1H3. The Morgan fingerprint density at radius 3 is 2.50 bits per heavy atom. The quantitative estimate of drug-likeness (QED) is 0.564. The van der Waals surface area contributed by atoms with E-state index in [9.17, 15) is 0 Å². The third-order valence-electron chi connectivity index (χ3n) is 3.65. The van der Waals surface area contributed by atoms with Crippen LogP contribution in [0.4, 0.5) is 0 Å². The predicted molar refractivity (Wildman–Crippen MR) is 103 cm³/mol. The summed E-state index contributed by atoms with van der Waals surface area (Å²) < 4.78 is 16.5. The lowest BCUT2D eigenvalue weighted by Crippen LogP contribution is -2.20. The van der Waals surface area contributed by atoms with Gasteiger partial charge in [-0.25, -0.2) is 0 Å². The highest BCUT2D eigenvalue weighted by atomic mass is 35.5. The molecule has 0 bridgehead atoms. The fraction of sp³-hybridized carbons (Fsp3) is 0.368. The first kappa shape index (κ1) is 20.8. The van der Waals surface area contributed by atoms with E-state index in [2.05, 4.69) is 5.32 Å². The molecular weight excluding hydrogens is 377 g/mol. The summed E-state index contributed by atoms with van der Waals surface area (Å²) in [5, 5.41) is 13.1. The minimum atomic E-state index is 0.0397. The number of rotatable bonds is 11. The van der Waals surface area contributed by atoms with Crippen molar-refractivity contribution in [3.63, 3.8) is 0 Å². The van der Waals surface area contributed by atoms with E-state index in [1.54, 1.807) is 25.3 Å². The van der Waals surface area contributed by atoms with Crippen molar-refractivity contribution < 1.29 is 19.3 Å². The molecular formula is C19H23Cl2NO4. The van der Waals surface area contributed by atoms with Gasteiger partial charge in [0.05, 0.1) is 26.9 Å². The first-order valence-electron chi connectivity index (χ1n) is 8.27. The van der Waals surface area contributed by atoms with Gasteiger partial charge < -0.3 is 24.6 Å². The smallest absolute Gasteiger partial charge is 0.161 e. The van der Waals surface area contributed by atoms with Gasteiger partial charge in [0.25, 0.3) is 0 Å². The summed E-state index contributed by atoms with van der Waals surface area (Å²) in [5.74, 6) is 1.27. The molecule has 0 aromatic heterocycles. The van der Waals surface area contributed by atoms with Crippen molar-refractivity contribution in [2.75, 3.05) is 33.5 Å². The molecule has 2 N–H and O–H groups in total. The SMILES string of the molecule is COc1cc(CNCCOCCO)ccc1OCc1c(Cl)cccc1Cl. The maximum absolute atomic E-state index is 8.65. The molecule has 2 aromatic rings. The molecule has 7 heteroatoms. The summed E-state index contributed by atoms with van der Waals surface area (Å²) in [6, 6.07) is 11.1. The van der Waals surface area contributed by atoms with Crippen LogP contribution in [0, 0.1) is 0 Å². The molecule has 2 rings (SSSR count). The Morgan fingerprint density at radius 2 is 1.81 bits per heavy atom. The summed E-state index contributed by atoms with van der Waals surface area (Å²) in [5.41, 5.74) is 1.80. The molecule has 2 aromatic carbocycles. The van der Waals surface area contributed by atoms with Gasteiger partial charge in [-0.15, -0.1) is 0 Å². The molecule has 0 spiro atoms. The average molecular weight is 400 g/mol. The number of aliphatic hydroxyl groups excluding tert-OH is 1. The number of aliphatic hydroxyl groups is 1. The Morgan fingerprint density at radius 1 is 1.04 bits per heavy atom. The van der Waals surface area contributed by atoms with E-state index in [1.165, 1.54) is 0 Å². The van der Waals surface area contributed by atoms with E-state index >= 15 is 0 Å². The number of methoxy groups -OCH3 is 1. The first-order valence-corrected chi connectivity index (χ1v) is 9.03. The highest BCUT2D eigenvalue weighted by molar-refractivity contribution is 6.35. The molecule has 0 aliphatic carbocycles. The van der Waals surface area contributed by atoms with E-state index in [-0.39, 0.29) is 13.2 Å². The van der Waals surface area contributed by atoms with Gasteiger partial charge >= 0.3 is 0 Å². The van der Waals surface area contributed by atoms with E-state index in [0.717, 1.165) is 11.1 Å². The van der Waals surface area contributed by atoms with Crippen LogP contribution < -0.4 is 14.8 Å². The summed E-state index contributed by atoms with van der Waals surface area (Å²) in [6.07, 6.45) is 0. The number of nitrogens with one attached hydrogen (secondary N) is 1. The molecule has 0 aliphatic heterocycles. The van der Waals surface area contributed by atoms with E-state index < -0.39 is 0 Å². The van der Waals surface area contributed by atoms with Gasteiger partial charge in [0.1, 0.15) is 6.61 Å². The lowest BCUT2D eigenvalue weighted by Gasteiger charge is -2.14. The minimum absolute atomic E-state index is 0.0397. The van der Waals surface area contributed by atoms with Crippen LogP contribution in [0.1, 0.15) is 11.1 Å². The van der Waals surface area contributed by atoms with Crippen molar-refractivity contribution in [3.05, 3.63) is 57.6 Å². The second-order valence-electron chi connectivity index (χ2n) is 5.49. The molecule has 5 nitrogen and oxygen atoms in total. The second kappa shape index (κ2) is 11.3. The molecule has 26 heavy (non-hydrogen) atoms. The molecule has 0 unspecified atom stereocenters. The van der Waals surface area contributed by atoms with Crippen LogP contribution in [-0.2, 0) is 17.9 Å². The molecule has 0 amide bonds. The van der Waals surface area contributed by atoms with Crippen molar-refractivity contribution in [3.8, 4) is 11.5 Å². The topological polar surface area (TPSA) is 60.0 Å². The normalized spacial score (nSPS) is 10.8. The molecule has 0 saturated carbocycles. The van der Waals surface area contributed by atoms with Crippen LogP contribution in [0.5, 0.6) is 11.5 Å².